The maximum Gasteiger partial charge on any atom is 0.345 e. The topological polar surface area (TPSA) is 88.7 Å². The number of nitrogens with two attached hydrogens (primary N) is 1. The van der Waals surface area contributed by atoms with Crippen molar-refractivity contribution in [2.45, 2.75) is 25.9 Å². The summed E-state index contributed by atoms with van der Waals surface area (Å²) in [6.07, 6.45) is 1.32. The van der Waals surface area contributed by atoms with E-state index < -0.39 is 5.97 Å². The third-order valence-corrected chi connectivity index (χ3v) is 3.79. The van der Waals surface area contributed by atoms with E-state index >= 15 is 0 Å². The summed E-state index contributed by atoms with van der Waals surface area (Å²) < 4.78 is 9.00. The highest BCUT2D eigenvalue weighted by Gasteiger charge is 2.27. The lowest BCUT2D eigenvalue weighted by molar-refractivity contribution is 0.0528. The van der Waals surface area contributed by atoms with Crippen molar-refractivity contribution < 1.29 is 14.6 Å². The van der Waals surface area contributed by atoms with Gasteiger partial charge in [-0.3, -0.25) is 0 Å². The van der Waals surface area contributed by atoms with Crippen molar-refractivity contribution in [1.29, 1.82) is 0 Å². The Hall–Kier alpha value is -1.34. The van der Waals surface area contributed by atoms with E-state index in [1.807, 2.05) is 4.90 Å². The third kappa shape index (κ3) is 2.56. The molecule has 18 heavy (non-hydrogen) atoms. The predicted octanol–water partition coefficient (Wildman–Crippen LogP) is 0.863. The molecular weight excluding hydrogens is 254 g/mol. The molecule has 1 aliphatic rings. The van der Waals surface area contributed by atoms with Gasteiger partial charge < -0.3 is 20.5 Å². The summed E-state index contributed by atoms with van der Waals surface area (Å²) in [5.41, 5.74) is 6.05. The summed E-state index contributed by atoms with van der Waals surface area (Å²) in [6, 6.07) is 0. The Labute approximate surface area is 110 Å². The van der Waals surface area contributed by atoms with Gasteiger partial charge in [-0.15, -0.1) is 0 Å². The zero-order valence-electron chi connectivity index (χ0n) is 10.3. The molecule has 0 amide bonds. The first kappa shape index (κ1) is 13.1. The standard InChI is InChI=1S/C11H17N3O3S/c1-2-17-11(16)8-9(12)13-18-10(8)14-5-3-4-7(15)6-14/h7,15H,2-6H2,1H3,(H2,12,13). The number of esters is 1. The Balaban J connectivity index is 2.25. The van der Waals surface area contributed by atoms with E-state index in [9.17, 15) is 9.90 Å². The molecule has 6 nitrogen and oxygen atoms in total. The number of carbonyl (C=O) groups excluding carboxylic acids is 1. The van der Waals surface area contributed by atoms with E-state index in [0.29, 0.717) is 23.7 Å². The molecular formula is C11H17N3O3S. The van der Waals surface area contributed by atoms with Crippen LogP contribution in [0.5, 0.6) is 0 Å². The monoisotopic (exact) mass is 271 g/mol. The molecule has 0 aromatic carbocycles. The highest BCUT2D eigenvalue weighted by atomic mass is 32.1. The van der Waals surface area contributed by atoms with Gasteiger partial charge in [-0.05, 0) is 31.3 Å². The number of hydrogen-bond acceptors (Lipinski definition) is 7. The summed E-state index contributed by atoms with van der Waals surface area (Å²) >= 11 is 1.18. The van der Waals surface area contributed by atoms with Crippen molar-refractivity contribution in [1.82, 2.24) is 4.37 Å². The number of rotatable bonds is 3. The fourth-order valence-electron chi connectivity index (χ4n) is 2.04. The number of piperidine rings is 1. The number of nitrogen functional groups attached to an aromatic ring is 1. The molecule has 7 heteroatoms. The molecule has 100 valence electrons. The van der Waals surface area contributed by atoms with E-state index in [0.717, 1.165) is 19.4 Å². The van der Waals surface area contributed by atoms with Gasteiger partial charge in [-0.1, -0.05) is 0 Å². The van der Waals surface area contributed by atoms with E-state index in [1.54, 1.807) is 6.92 Å². The summed E-state index contributed by atoms with van der Waals surface area (Å²) in [5.74, 6) is -0.243. The molecule has 3 N–H and O–H groups in total. The molecule has 0 bridgehead atoms. The van der Waals surface area contributed by atoms with Gasteiger partial charge in [0.15, 0.2) is 5.82 Å². The van der Waals surface area contributed by atoms with Gasteiger partial charge in [0.2, 0.25) is 0 Å². The van der Waals surface area contributed by atoms with Crippen molar-refractivity contribution in [2.24, 2.45) is 0 Å². The van der Waals surface area contributed by atoms with Crippen LogP contribution in [0.25, 0.3) is 0 Å². The van der Waals surface area contributed by atoms with E-state index in [2.05, 4.69) is 4.37 Å². The molecule has 1 aromatic rings. The maximum atomic E-state index is 11.8. The largest absolute Gasteiger partial charge is 0.462 e. The van der Waals surface area contributed by atoms with Gasteiger partial charge >= 0.3 is 5.97 Å². The Morgan fingerprint density at radius 2 is 2.50 bits per heavy atom. The first-order chi connectivity index (χ1) is 8.63. The number of nitrogens with zero attached hydrogens (tertiary/aromatic N) is 2. The van der Waals surface area contributed by atoms with Crippen LogP contribution >= 0.6 is 11.5 Å². The molecule has 1 atom stereocenters. The molecule has 0 radical (unpaired) electrons. The number of carbonyl (C=O) groups is 1. The second-order valence-electron chi connectivity index (χ2n) is 4.21. The van der Waals surface area contributed by atoms with Crippen molar-refractivity contribution >= 4 is 28.3 Å². The highest BCUT2D eigenvalue weighted by Crippen LogP contribution is 2.33. The number of β-amino-alcohol motifs (C(OH)–C–C–N with tert-alkyl or cyclic N) is 1. The molecule has 1 aromatic heterocycles. The number of aliphatic hydroxyl groups excluding tert-OH is 1. The molecule has 0 spiro atoms. The van der Waals surface area contributed by atoms with Crippen LogP contribution in [0.3, 0.4) is 0 Å². The zero-order valence-corrected chi connectivity index (χ0v) is 11.1. The highest BCUT2D eigenvalue weighted by molar-refractivity contribution is 7.11. The molecule has 1 saturated heterocycles. The Morgan fingerprint density at radius 3 is 3.17 bits per heavy atom. The van der Waals surface area contributed by atoms with Crippen molar-refractivity contribution in [3.8, 4) is 0 Å². The predicted molar refractivity (Wildman–Crippen MR) is 69.9 cm³/mol. The van der Waals surface area contributed by atoms with Crippen LogP contribution in [-0.2, 0) is 4.74 Å². The van der Waals surface area contributed by atoms with Gasteiger partial charge in [-0.2, -0.15) is 4.37 Å². The van der Waals surface area contributed by atoms with E-state index in [1.165, 1.54) is 11.5 Å². The Morgan fingerprint density at radius 1 is 1.72 bits per heavy atom. The fourth-order valence-corrected chi connectivity index (χ4v) is 2.88. The number of hydrogen-bond donors (Lipinski definition) is 2. The first-order valence-corrected chi connectivity index (χ1v) is 6.76. The molecule has 0 aliphatic carbocycles. The molecule has 1 fully saturated rings. The average Bonchev–Trinajstić information content (AvgIpc) is 2.71. The van der Waals surface area contributed by atoms with Crippen LogP contribution in [0.1, 0.15) is 30.1 Å². The van der Waals surface area contributed by atoms with Gasteiger partial charge in [-0.25, -0.2) is 4.79 Å². The lowest BCUT2D eigenvalue weighted by Gasteiger charge is -2.30. The normalized spacial score (nSPS) is 19.9. The van der Waals surface area contributed by atoms with Crippen molar-refractivity contribution in [3.63, 3.8) is 0 Å². The number of aromatic nitrogens is 1. The molecule has 2 heterocycles. The lowest BCUT2D eigenvalue weighted by Crippen LogP contribution is -2.38. The maximum absolute atomic E-state index is 11.8. The lowest BCUT2D eigenvalue weighted by atomic mass is 10.1. The Bertz CT molecular complexity index is 435. The summed E-state index contributed by atoms with van der Waals surface area (Å²) in [4.78, 5) is 13.8. The minimum absolute atomic E-state index is 0.202. The van der Waals surface area contributed by atoms with Crippen LogP contribution in [0.15, 0.2) is 0 Å². The first-order valence-electron chi connectivity index (χ1n) is 5.98. The number of aliphatic hydroxyl groups is 1. The van der Waals surface area contributed by atoms with Gasteiger partial charge in [0.1, 0.15) is 10.6 Å². The molecule has 1 aliphatic heterocycles. The second kappa shape index (κ2) is 5.53. The van der Waals surface area contributed by atoms with Gasteiger partial charge in [0.25, 0.3) is 0 Å². The van der Waals surface area contributed by atoms with Crippen molar-refractivity contribution in [3.05, 3.63) is 5.56 Å². The van der Waals surface area contributed by atoms with Crippen LogP contribution in [0, 0.1) is 0 Å². The molecule has 1 unspecified atom stereocenters. The van der Waals surface area contributed by atoms with Crippen LogP contribution in [-0.4, -0.2) is 41.2 Å². The van der Waals surface area contributed by atoms with Gasteiger partial charge in [0, 0.05) is 13.1 Å². The third-order valence-electron chi connectivity index (χ3n) is 2.86. The SMILES string of the molecule is CCOC(=O)c1c(N)nsc1N1CCCC(O)C1. The smallest absolute Gasteiger partial charge is 0.345 e. The van der Waals surface area contributed by atoms with Gasteiger partial charge in [0.05, 0.1) is 12.7 Å². The fraction of sp³-hybridized carbons (Fsp3) is 0.636. The number of ether oxygens (including phenoxy) is 1. The van der Waals surface area contributed by atoms with Crippen LogP contribution < -0.4 is 10.6 Å². The minimum atomic E-state index is -0.446. The zero-order chi connectivity index (χ0) is 13.1. The van der Waals surface area contributed by atoms with E-state index in [-0.39, 0.29) is 11.9 Å². The van der Waals surface area contributed by atoms with Crippen molar-refractivity contribution in [2.75, 3.05) is 30.3 Å². The Kier molecular flexibility index (Phi) is 4.03. The minimum Gasteiger partial charge on any atom is -0.462 e. The van der Waals surface area contributed by atoms with Crippen LogP contribution in [0.4, 0.5) is 10.8 Å². The molecule has 2 rings (SSSR count). The quantitative estimate of drug-likeness (QED) is 0.793. The van der Waals surface area contributed by atoms with Crippen LogP contribution in [0.2, 0.25) is 0 Å². The number of anilines is 2. The second-order valence-corrected chi connectivity index (χ2v) is 4.96. The van der Waals surface area contributed by atoms with E-state index in [4.69, 9.17) is 10.5 Å². The summed E-state index contributed by atoms with van der Waals surface area (Å²) in [7, 11) is 0. The molecule has 0 saturated carbocycles. The average molecular weight is 271 g/mol. The summed E-state index contributed by atoms with van der Waals surface area (Å²) in [6.45, 7) is 3.35. The summed E-state index contributed by atoms with van der Waals surface area (Å²) in [5, 5.41) is 10.4.